The molecule has 7 nitrogen and oxygen atoms in total. The summed E-state index contributed by atoms with van der Waals surface area (Å²) >= 11 is 6.35. The lowest BCUT2D eigenvalue weighted by molar-refractivity contribution is -0.137. The Balaban J connectivity index is 1.64. The smallest absolute Gasteiger partial charge is 0.377 e. The Bertz CT molecular complexity index is 1000. The van der Waals surface area contributed by atoms with E-state index in [4.69, 9.17) is 22.1 Å². The number of halogens is 4. The zero-order valence-corrected chi connectivity index (χ0v) is 20.4. The van der Waals surface area contributed by atoms with Gasteiger partial charge in [0.25, 0.3) is 0 Å². The minimum Gasteiger partial charge on any atom is -0.377 e. The maximum atomic E-state index is 13.9. The number of aromatic amines is 1. The SMILES string of the molecule is CC(C)(C)CCNCCOC1CC=C(c2c(Cl)cc(Nc3n[nH]c(N)n3)cc2C(F)(F)F)CC1. The van der Waals surface area contributed by atoms with Crippen LogP contribution >= 0.6 is 11.6 Å². The number of aromatic nitrogens is 3. The van der Waals surface area contributed by atoms with Crippen molar-refractivity contribution in [3.63, 3.8) is 0 Å². The van der Waals surface area contributed by atoms with Gasteiger partial charge < -0.3 is 21.1 Å². The molecule has 188 valence electrons. The topological polar surface area (TPSA) is 101 Å². The van der Waals surface area contributed by atoms with E-state index >= 15 is 0 Å². The Kier molecular flexibility index (Phi) is 8.48. The molecule has 0 radical (unpaired) electrons. The van der Waals surface area contributed by atoms with Gasteiger partial charge in [0.1, 0.15) is 0 Å². The number of ether oxygens (including phenoxy) is 1. The number of allylic oxidation sites excluding steroid dienone is 1. The second kappa shape index (κ2) is 11.0. The quantitative estimate of drug-likeness (QED) is 0.325. The molecular formula is C23H32ClF3N6O. The first-order chi connectivity index (χ1) is 15.9. The van der Waals surface area contributed by atoms with Crippen LogP contribution in [0.4, 0.5) is 30.8 Å². The van der Waals surface area contributed by atoms with Gasteiger partial charge in [0, 0.05) is 17.8 Å². The number of nitrogens with zero attached hydrogens (tertiary/aromatic N) is 2. The minimum atomic E-state index is -4.58. The molecule has 5 N–H and O–H groups in total. The lowest BCUT2D eigenvalue weighted by Crippen LogP contribution is -2.26. The number of hydrogen-bond acceptors (Lipinski definition) is 6. The molecule has 11 heteroatoms. The van der Waals surface area contributed by atoms with Crippen LogP contribution < -0.4 is 16.4 Å². The average molecular weight is 501 g/mol. The number of H-pyrrole nitrogens is 1. The van der Waals surface area contributed by atoms with Crippen LogP contribution in [-0.4, -0.2) is 41.0 Å². The van der Waals surface area contributed by atoms with E-state index in [1.807, 2.05) is 0 Å². The molecule has 1 atom stereocenters. The van der Waals surface area contributed by atoms with E-state index in [0.717, 1.165) is 25.6 Å². The first-order valence-corrected chi connectivity index (χ1v) is 11.7. The number of hydrogen-bond donors (Lipinski definition) is 4. The summed E-state index contributed by atoms with van der Waals surface area (Å²) in [5.74, 6) is 0.102. The van der Waals surface area contributed by atoms with Crippen molar-refractivity contribution in [3.8, 4) is 0 Å². The zero-order chi connectivity index (χ0) is 24.9. The molecule has 0 saturated heterocycles. The zero-order valence-electron chi connectivity index (χ0n) is 19.7. The normalized spacial score (nSPS) is 17.0. The molecule has 1 heterocycles. The highest BCUT2D eigenvalue weighted by molar-refractivity contribution is 6.32. The highest BCUT2D eigenvalue weighted by Gasteiger charge is 2.36. The summed E-state index contributed by atoms with van der Waals surface area (Å²) in [5.41, 5.74) is 5.65. The number of nitrogens with one attached hydrogen (secondary N) is 3. The maximum absolute atomic E-state index is 13.9. The number of rotatable bonds is 9. The molecule has 0 spiro atoms. The molecule has 1 aliphatic carbocycles. The third-order valence-electron chi connectivity index (χ3n) is 5.52. The second-order valence-electron chi connectivity index (χ2n) is 9.60. The van der Waals surface area contributed by atoms with Crippen molar-refractivity contribution in [2.45, 2.75) is 58.7 Å². The minimum absolute atomic E-state index is 0.00880. The van der Waals surface area contributed by atoms with Gasteiger partial charge in [-0.05, 0) is 55.3 Å². The summed E-state index contributed by atoms with van der Waals surface area (Å²) in [6.45, 7) is 8.84. The van der Waals surface area contributed by atoms with Crippen molar-refractivity contribution >= 4 is 34.8 Å². The second-order valence-corrected chi connectivity index (χ2v) is 10.0. The van der Waals surface area contributed by atoms with E-state index in [9.17, 15) is 13.2 Å². The van der Waals surface area contributed by atoms with E-state index in [2.05, 4.69) is 46.6 Å². The van der Waals surface area contributed by atoms with Gasteiger partial charge in [0.2, 0.25) is 11.9 Å². The Morgan fingerprint density at radius 1 is 1.24 bits per heavy atom. The van der Waals surface area contributed by atoms with Crippen molar-refractivity contribution in [3.05, 3.63) is 34.4 Å². The average Bonchev–Trinajstić information content (AvgIpc) is 3.14. The van der Waals surface area contributed by atoms with Gasteiger partial charge in [0.05, 0.1) is 23.3 Å². The lowest BCUT2D eigenvalue weighted by Gasteiger charge is -2.25. The molecule has 1 aromatic heterocycles. The molecule has 1 aromatic carbocycles. The molecule has 0 aliphatic heterocycles. The van der Waals surface area contributed by atoms with Gasteiger partial charge in [-0.15, -0.1) is 5.10 Å². The number of benzene rings is 1. The number of alkyl halides is 3. The Labute approximate surface area is 202 Å². The molecule has 2 aromatic rings. The predicted octanol–water partition coefficient (Wildman–Crippen LogP) is 5.78. The summed E-state index contributed by atoms with van der Waals surface area (Å²) in [5, 5.41) is 12.3. The fraction of sp³-hybridized carbons (Fsp3) is 0.565. The van der Waals surface area contributed by atoms with Crippen LogP contribution in [0, 0.1) is 5.41 Å². The standard InChI is InChI=1S/C23H32ClF3N6O/c1-22(2,3)8-9-29-10-11-34-16-6-4-14(5-7-16)19-17(23(25,26)27)12-15(13-18(19)24)30-21-31-20(28)32-33-21/h4,12-13,16,29H,5-11H2,1-3H3,(H4,28,30,31,32,33). The predicted molar refractivity (Wildman–Crippen MR) is 129 cm³/mol. The van der Waals surface area contributed by atoms with Crippen molar-refractivity contribution in [1.29, 1.82) is 0 Å². The van der Waals surface area contributed by atoms with Crippen LogP contribution in [0.3, 0.4) is 0 Å². The third-order valence-corrected chi connectivity index (χ3v) is 5.82. The van der Waals surface area contributed by atoms with Crippen molar-refractivity contribution < 1.29 is 17.9 Å². The summed E-state index contributed by atoms with van der Waals surface area (Å²) in [4.78, 5) is 3.85. The first-order valence-electron chi connectivity index (χ1n) is 11.3. The number of anilines is 3. The van der Waals surface area contributed by atoms with E-state index in [-0.39, 0.29) is 39.7 Å². The first kappa shape index (κ1) is 26.3. The molecular weight excluding hydrogens is 469 g/mol. The van der Waals surface area contributed by atoms with Gasteiger partial charge in [0.15, 0.2) is 0 Å². The molecule has 34 heavy (non-hydrogen) atoms. The van der Waals surface area contributed by atoms with Crippen LogP contribution in [-0.2, 0) is 10.9 Å². The summed E-state index contributed by atoms with van der Waals surface area (Å²) in [6, 6.07) is 2.45. The Morgan fingerprint density at radius 3 is 2.59 bits per heavy atom. The molecule has 0 saturated carbocycles. The van der Waals surface area contributed by atoms with E-state index < -0.39 is 11.7 Å². The fourth-order valence-corrected chi connectivity index (χ4v) is 4.10. The van der Waals surface area contributed by atoms with Crippen LogP contribution in [0.2, 0.25) is 5.02 Å². The van der Waals surface area contributed by atoms with Crippen LogP contribution in [0.1, 0.15) is 57.6 Å². The molecule has 0 fully saturated rings. The monoisotopic (exact) mass is 500 g/mol. The largest absolute Gasteiger partial charge is 0.417 e. The van der Waals surface area contributed by atoms with Crippen molar-refractivity contribution in [2.75, 3.05) is 30.7 Å². The van der Waals surface area contributed by atoms with E-state index in [0.29, 0.717) is 31.4 Å². The van der Waals surface area contributed by atoms with E-state index in [1.54, 1.807) is 6.08 Å². The number of nitrogens with two attached hydrogens (primary N) is 1. The molecule has 3 rings (SSSR count). The summed E-state index contributed by atoms with van der Waals surface area (Å²) in [7, 11) is 0. The van der Waals surface area contributed by atoms with Crippen molar-refractivity contribution in [1.82, 2.24) is 20.5 Å². The highest BCUT2D eigenvalue weighted by atomic mass is 35.5. The van der Waals surface area contributed by atoms with Crippen LogP contribution in [0.25, 0.3) is 5.57 Å². The molecule has 0 amide bonds. The van der Waals surface area contributed by atoms with Gasteiger partial charge >= 0.3 is 6.18 Å². The summed E-state index contributed by atoms with van der Waals surface area (Å²) in [6.07, 6.45) is -0.0826. The lowest BCUT2D eigenvalue weighted by atomic mass is 9.89. The molecule has 0 bridgehead atoms. The van der Waals surface area contributed by atoms with Crippen LogP contribution in [0.15, 0.2) is 18.2 Å². The van der Waals surface area contributed by atoms with Gasteiger partial charge in [-0.2, -0.15) is 18.2 Å². The van der Waals surface area contributed by atoms with Gasteiger partial charge in [-0.1, -0.05) is 38.4 Å². The van der Waals surface area contributed by atoms with Gasteiger partial charge in [-0.25, -0.2) is 5.10 Å². The van der Waals surface area contributed by atoms with E-state index in [1.165, 1.54) is 6.07 Å². The number of nitrogen functional groups attached to an aromatic ring is 1. The highest BCUT2D eigenvalue weighted by Crippen LogP contribution is 2.43. The Hall–Kier alpha value is -2.30. The van der Waals surface area contributed by atoms with Gasteiger partial charge in [-0.3, -0.25) is 0 Å². The Morgan fingerprint density at radius 2 is 2.00 bits per heavy atom. The maximum Gasteiger partial charge on any atom is 0.417 e. The van der Waals surface area contributed by atoms with Crippen LogP contribution in [0.5, 0.6) is 0 Å². The van der Waals surface area contributed by atoms with Crippen molar-refractivity contribution in [2.24, 2.45) is 5.41 Å². The third kappa shape index (κ3) is 7.61. The molecule has 1 unspecified atom stereocenters. The fourth-order valence-electron chi connectivity index (χ4n) is 3.76. The summed E-state index contributed by atoms with van der Waals surface area (Å²) < 4.78 is 47.7. The molecule has 1 aliphatic rings.